The molecular weight excluding hydrogens is 312 g/mol. The van der Waals surface area contributed by atoms with Gasteiger partial charge in [-0.2, -0.15) is 0 Å². The molecule has 0 bridgehead atoms. The SMILES string of the molecule is Cc1ccc(CN2CCCC(n3c(C)cnc3-c3ccncc3)C2)o1. The van der Waals surface area contributed by atoms with Gasteiger partial charge >= 0.3 is 0 Å². The molecule has 25 heavy (non-hydrogen) atoms. The highest BCUT2D eigenvalue weighted by Gasteiger charge is 2.25. The first-order chi connectivity index (χ1) is 12.2. The van der Waals surface area contributed by atoms with Crippen LogP contribution in [0.2, 0.25) is 0 Å². The molecule has 1 fully saturated rings. The Balaban J connectivity index is 1.56. The van der Waals surface area contributed by atoms with Crippen molar-refractivity contribution in [2.75, 3.05) is 13.1 Å². The molecule has 5 nitrogen and oxygen atoms in total. The van der Waals surface area contributed by atoms with Gasteiger partial charge in [0.1, 0.15) is 17.3 Å². The summed E-state index contributed by atoms with van der Waals surface area (Å²) in [5, 5.41) is 0. The molecule has 0 spiro atoms. The maximum absolute atomic E-state index is 5.76. The summed E-state index contributed by atoms with van der Waals surface area (Å²) in [6.45, 7) is 7.16. The van der Waals surface area contributed by atoms with Gasteiger partial charge in [0.25, 0.3) is 0 Å². The molecule has 1 unspecified atom stereocenters. The van der Waals surface area contributed by atoms with E-state index in [0.29, 0.717) is 6.04 Å². The van der Waals surface area contributed by atoms with E-state index in [2.05, 4.69) is 32.4 Å². The van der Waals surface area contributed by atoms with E-state index in [4.69, 9.17) is 4.42 Å². The topological polar surface area (TPSA) is 47.1 Å². The molecule has 3 aromatic rings. The fourth-order valence-electron chi connectivity index (χ4n) is 3.80. The zero-order chi connectivity index (χ0) is 17.2. The van der Waals surface area contributed by atoms with Crippen LogP contribution in [0.15, 0.2) is 47.3 Å². The smallest absolute Gasteiger partial charge is 0.140 e. The number of rotatable bonds is 4. The molecule has 130 valence electrons. The minimum atomic E-state index is 0.440. The summed E-state index contributed by atoms with van der Waals surface area (Å²) in [5.74, 6) is 3.07. The van der Waals surface area contributed by atoms with Gasteiger partial charge in [0.15, 0.2) is 0 Å². The Labute approximate surface area is 148 Å². The van der Waals surface area contributed by atoms with Crippen LogP contribution in [0, 0.1) is 13.8 Å². The van der Waals surface area contributed by atoms with Crippen molar-refractivity contribution >= 4 is 0 Å². The molecule has 1 aliphatic heterocycles. The Kier molecular flexibility index (Phi) is 4.40. The first-order valence-corrected chi connectivity index (χ1v) is 8.92. The number of hydrogen-bond donors (Lipinski definition) is 0. The summed E-state index contributed by atoms with van der Waals surface area (Å²) in [6, 6.07) is 8.63. The predicted octanol–water partition coefficient (Wildman–Crippen LogP) is 3.99. The lowest BCUT2D eigenvalue weighted by molar-refractivity contribution is 0.159. The zero-order valence-corrected chi connectivity index (χ0v) is 14.9. The Morgan fingerprint density at radius 1 is 1.16 bits per heavy atom. The van der Waals surface area contributed by atoms with E-state index in [9.17, 15) is 0 Å². The lowest BCUT2D eigenvalue weighted by atomic mass is 10.0. The number of likely N-dealkylation sites (tertiary alicyclic amines) is 1. The molecule has 4 rings (SSSR count). The molecule has 0 aromatic carbocycles. The maximum atomic E-state index is 5.76. The van der Waals surface area contributed by atoms with E-state index in [-0.39, 0.29) is 0 Å². The number of piperidine rings is 1. The van der Waals surface area contributed by atoms with Crippen LogP contribution in [0.4, 0.5) is 0 Å². The third-order valence-electron chi connectivity index (χ3n) is 4.94. The predicted molar refractivity (Wildman–Crippen MR) is 97.2 cm³/mol. The lowest BCUT2D eigenvalue weighted by Gasteiger charge is -2.34. The highest BCUT2D eigenvalue weighted by molar-refractivity contribution is 5.55. The first kappa shape index (κ1) is 16.1. The van der Waals surface area contributed by atoms with E-state index in [1.54, 1.807) is 0 Å². The molecule has 5 heteroatoms. The van der Waals surface area contributed by atoms with Crippen molar-refractivity contribution < 1.29 is 4.42 Å². The second-order valence-electron chi connectivity index (χ2n) is 6.87. The van der Waals surface area contributed by atoms with Crippen LogP contribution in [0.5, 0.6) is 0 Å². The molecule has 3 aromatic heterocycles. The van der Waals surface area contributed by atoms with Crippen LogP contribution >= 0.6 is 0 Å². The van der Waals surface area contributed by atoms with Gasteiger partial charge in [-0.05, 0) is 57.5 Å². The minimum Gasteiger partial charge on any atom is -0.465 e. The number of nitrogens with zero attached hydrogens (tertiary/aromatic N) is 4. The Morgan fingerprint density at radius 3 is 2.76 bits per heavy atom. The molecule has 0 saturated carbocycles. The number of hydrogen-bond acceptors (Lipinski definition) is 4. The summed E-state index contributed by atoms with van der Waals surface area (Å²) in [7, 11) is 0. The van der Waals surface area contributed by atoms with Crippen LogP contribution in [0.25, 0.3) is 11.4 Å². The number of furan rings is 1. The number of aryl methyl sites for hydroxylation is 2. The van der Waals surface area contributed by atoms with Gasteiger partial charge in [-0.3, -0.25) is 9.88 Å². The first-order valence-electron chi connectivity index (χ1n) is 8.92. The molecule has 1 saturated heterocycles. The van der Waals surface area contributed by atoms with Crippen molar-refractivity contribution in [2.45, 2.75) is 39.3 Å². The Hall–Kier alpha value is -2.40. The summed E-state index contributed by atoms with van der Waals surface area (Å²) < 4.78 is 8.16. The van der Waals surface area contributed by atoms with Crippen molar-refractivity contribution in [3.8, 4) is 11.4 Å². The lowest BCUT2D eigenvalue weighted by Crippen LogP contribution is -2.36. The quantitative estimate of drug-likeness (QED) is 0.723. The fraction of sp³-hybridized carbons (Fsp3) is 0.400. The van der Waals surface area contributed by atoms with E-state index in [1.807, 2.05) is 43.7 Å². The second-order valence-corrected chi connectivity index (χ2v) is 6.87. The molecular formula is C20H24N4O. The summed E-state index contributed by atoms with van der Waals surface area (Å²) >= 11 is 0. The molecule has 1 atom stereocenters. The van der Waals surface area contributed by atoms with Gasteiger partial charge in [-0.1, -0.05) is 0 Å². The molecule has 4 heterocycles. The van der Waals surface area contributed by atoms with Crippen molar-refractivity contribution in [2.24, 2.45) is 0 Å². The third kappa shape index (κ3) is 3.37. The van der Waals surface area contributed by atoms with Crippen LogP contribution < -0.4 is 0 Å². The molecule has 0 radical (unpaired) electrons. The minimum absolute atomic E-state index is 0.440. The van der Waals surface area contributed by atoms with Gasteiger partial charge in [-0.15, -0.1) is 0 Å². The number of imidazole rings is 1. The fourth-order valence-corrected chi connectivity index (χ4v) is 3.80. The van der Waals surface area contributed by atoms with Gasteiger partial charge < -0.3 is 8.98 Å². The largest absolute Gasteiger partial charge is 0.465 e. The van der Waals surface area contributed by atoms with E-state index in [1.165, 1.54) is 18.5 Å². The third-order valence-corrected chi connectivity index (χ3v) is 4.94. The van der Waals surface area contributed by atoms with Crippen molar-refractivity contribution in [3.05, 3.63) is 60.1 Å². The van der Waals surface area contributed by atoms with Gasteiger partial charge in [0, 0.05) is 42.4 Å². The molecule has 1 aliphatic rings. The monoisotopic (exact) mass is 336 g/mol. The van der Waals surface area contributed by atoms with Crippen LogP contribution in [0.1, 0.15) is 36.1 Å². The Bertz CT molecular complexity index is 837. The average Bonchev–Trinajstić information content (AvgIpc) is 3.21. The van der Waals surface area contributed by atoms with Crippen molar-refractivity contribution in [1.29, 1.82) is 0 Å². The molecule has 0 N–H and O–H groups in total. The molecule has 0 aliphatic carbocycles. The summed E-state index contributed by atoms with van der Waals surface area (Å²) in [6.07, 6.45) is 8.01. The van der Waals surface area contributed by atoms with E-state index >= 15 is 0 Å². The standard InChI is InChI=1S/C20H24N4O/c1-15-12-22-20(17-7-9-21-10-8-17)24(15)18-4-3-11-23(13-18)14-19-6-5-16(2)25-19/h5-10,12,18H,3-4,11,13-14H2,1-2H3. The second kappa shape index (κ2) is 6.84. The van der Waals surface area contributed by atoms with Crippen LogP contribution in [-0.2, 0) is 6.54 Å². The zero-order valence-electron chi connectivity index (χ0n) is 14.9. The van der Waals surface area contributed by atoms with E-state index < -0.39 is 0 Å². The number of pyridine rings is 1. The molecule has 0 amide bonds. The maximum Gasteiger partial charge on any atom is 0.140 e. The highest BCUT2D eigenvalue weighted by atomic mass is 16.3. The van der Waals surface area contributed by atoms with Gasteiger partial charge in [0.2, 0.25) is 0 Å². The van der Waals surface area contributed by atoms with Gasteiger partial charge in [0.05, 0.1) is 6.54 Å². The average molecular weight is 336 g/mol. The van der Waals surface area contributed by atoms with E-state index in [0.717, 1.165) is 42.5 Å². The normalized spacial score (nSPS) is 18.6. The van der Waals surface area contributed by atoms with Crippen molar-refractivity contribution in [1.82, 2.24) is 19.4 Å². The van der Waals surface area contributed by atoms with Gasteiger partial charge in [-0.25, -0.2) is 4.98 Å². The van der Waals surface area contributed by atoms with Crippen LogP contribution in [-0.4, -0.2) is 32.5 Å². The van der Waals surface area contributed by atoms with Crippen LogP contribution in [0.3, 0.4) is 0 Å². The van der Waals surface area contributed by atoms with Crippen molar-refractivity contribution in [3.63, 3.8) is 0 Å². The highest BCUT2D eigenvalue weighted by Crippen LogP contribution is 2.29. The number of aromatic nitrogens is 3. The summed E-state index contributed by atoms with van der Waals surface area (Å²) in [5.41, 5.74) is 2.34. The summed E-state index contributed by atoms with van der Waals surface area (Å²) in [4.78, 5) is 11.3. The Morgan fingerprint density at radius 2 is 2.00 bits per heavy atom.